The van der Waals surface area contributed by atoms with Crippen LogP contribution in [0.1, 0.15) is 13.3 Å². The molecule has 0 radical (unpaired) electrons. The Morgan fingerprint density at radius 1 is 1.62 bits per heavy atom. The summed E-state index contributed by atoms with van der Waals surface area (Å²) in [5, 5.41) is 0. The molecule has 3 heteroatoms. The number of allylic oxidation sites excluding steroid dienone is 2. The Morgan fingerprint density at radius 3 is 2.38 bits per heavy atom. The van der Waals surface area contributed by atoms with Gasteiger partial charge in [-0.15, -0.1) is 0 Å². The van der Waals surface area contributed by atoms with Gasteiger partial charge in [-0.3, -0.25) is 0 Å². The molecule has 0 amide bonds. The summed E-state index contributed by atoms with van der Waals surface area (Å²) in [5.41, 5.74) is 0. The molecule has 1 heterocycles. The Morgan fingerprint density at radius 2 is 2.25 bits per heavy atom. The Labute approximate surface area is 49.1 Å². The molecule has 1 rings (SSSR count). The highest BCUT2D eigenvalue weighted by molar-refractivity contribution is 7.95. The molecule has 0 atom stereocenters. The average molecular weight is 132 g/mol. The fourth-order valence-corrected chi connectivity index (χ4v) is 1.83. The minimum Gasteiger partial charge on any atom is -0.224 e. The Kier molecular flexibility index (Phi) is 1.15. The number of hydrogen-bond acceptors (Lipinski definition) is 2. The molecule has 0 unspecified atom stereocenters. The van der Waals surface area contributed by atoms with Crippen molar-refractivity contribution in [3.63, 3.8) is 0 Å². The minimum absolute atomic E-state index is 0.318. The van der Waals surface area contributed by atoms with Gasteiger partial charge in [-0.25, -0.2) is 8.42 Å². The van der Waals surface area contributed by atoms with Crippen LogP contribution in [0.25, 0.3) is 0 Å². The second kappa shape index (κ2) is 1.58. The van der Waals surface area contributed by atoms with E-state index in [4.69, 9.17) is 0 Å². The average Bonchev–Trinajstić information content (AvgIpc) is 1.86. The first-order chi connectivity index (χ1) is 3.63. The van der Waals surface area contributed by atoms with Crippen LogP contribution < -0.4 is 0 Å². The normalized spacial score (nSPS) is 25.4. The third-order valence-electron chi connectivity index (χ3n) is 1.31. The maximum atomic E-state index is 10.7. The van der Waals surface area contributed by atoms with E-state index in [0.717, 1.165) is 0 Å². The lowest BCUT2D eigenvalue weighted by molar-refractivity contribution is 0.604. The molecule has 0 saturated carbocycles. The lowest BCUT2D eigenvalue weighted by atomic mass is 10.4. The highest BCUT2D eigenvalue weighted by Crippen LogP contribution is 2.15. The molecule has 0 aromatic rings. The van der Waals surface area contributed by atoms with Gasteiger partial charge in [-0.2, -0.15) is 0 Å². The highest BCUT2D eigenvalue weighted by Gasteiger charge is 2.17. The van der Waals surface area contributed by atoms with Crippen molar-refractivity contribution in [1.29, 1.82) is 0 Å². The molecule has 0 bridgehead atoms. The van der Waals surface area contributed by atoms with Gasteiger partial charge in [-0.05, 0) is 13.3 Å². The zero-order valence-corrected chi connectivity index (χ0v) is 5.53. The van der Waals surface area contributed by atoms with Crippen LogP contribution in [0.5, 0.6) is 0 Å². The van der Waals surface area contributed by atoms with E-state index >= 15 is 0 Å². The van der Waals surface area contributed by atoms with Crippen molar-refractivity contribution in [2.75, 3.05) is 5.75 Å². The van der Waals surface area contributed by atoms with E-state index in [1.54, 1.807) is 13.0 Å². The maximum Gasteiger partial charge on any atom is 0.174 e. The number of hydrogen-bond donors (Lipinski definition) is 0. The van der Waals surface area contributed by atoms with Crippen molar-refractivity contribution in [3.05, 3.63) is 11.0 Å². The molecule has 46 valence electrons. The highest BCUT2D eigenvalue weighted by atomic mass is 32.2. The largest absolute Gasteiger partial charge is 0.224 e. The molecule has 1 aliphatic heterocycles. The predicted octanol–water partition coefficient (Wildman–Crippen LogP) is 0.709. The van der Waals surface area contributed by atoms with Crippen LogP contribution in [0.3, 0.4) is 0 Å². The molecule has 8 heavy (non-hydrogen) atoms. The Hall–Kier alpha value is -0.310. The lowest BCUT2D eigenvalue weighted by Gasteiger charge is -1.88. The number of rotatable bonds is 0. The van der Waals surface area contributed by atoms with Crippen LogP contribution >= 0.6 is 0 Å². The SMILES string of the molecule is CC1=CCCS1(=O)=O. The Balaban J connectivity index is 3.08. The summed E-state index contributed by atoms with van der Waals surface area (Å²) in [5.74, 6) is 0.318. The summed E-state index contributed by atoms with van der Waals surface area (Å²) in [4.78, 5) is 0.539. The molecule has 0 aliphatic carbocycles. The van der Waals surface area contributed by atoms with Gasteiger partial charge in [0, 0.05) is 4.91 Å². The third kappa shape index (κ3) is 0.777. The summed E-state index contributed by atoms with van der Waals surface area (Å²) in [7, 11) is -2.76. The first-order valence-electron chi connectivity index (χ1n) is 2.52. The zero-order valence-electron chi connectivity index (χ0n) is 4.72. The third-order valence-corrected chi connectivity index (χ3v) is 3.23. The molecular weight excluding hydrogens is 124 g/mol. The fraction of sp³-hybridized carbons (Fsp3) is 0.600. The molecule has 0 aromatic carbocycles. The van der Waals surface area contributed by atoms with Crippen molar-refractivity contribution in [2.24, 2.45) is 0 Å². The Bertz CT molecular complexity index is 211. The van der Waals surface area contributed by atoms with Crippen LogP contribution in [0, 0.1) is 0 Å². The van der Waals surface area contributed by atoms with E-state index in [0.29, 0.717) is 17.1 Å². The van der Waals surface area contributed by atoms with E-state index < -0.39 is 9.84 Å². The van der Waals surface area contributed by atoms with Crippen LogP contribution in [-0.2, 0) is 9.84 Å². The van der Waals surface area contributed by atoms with Gasteiger partial charge >= 0.3 is 0 Å². The van der Waals surface area contributed by atoms with Crippen molar-refractivity contribution in [1.82, 2.24) is 0 Å². The summed E-state index contributed by atoms with van der Waals surface area (Å²) in [6.45, 7) is 1.64. The number of sulfone groups is 1. The van der Waals surface area contributed by atoms with Crippen molar-refractivity contribution in [3.8, 4) is 0 Å². The zero-order chi connectivity index (χ0) is 6.20. The second-order valence-electron chi connectivity index (χ2n) is 1.92. The molecule has 2 nitrogen and oxygen atoms in total. The van der Waals surface area contributed by atoms with Gasteiger partial charge in [0.05, 0.1) is 5.75 Å². The summed E-state index contributed by atoms with van der Waals surface area (Å²) < 4.78 is 21.4. The van der Waals surface area contributed by atoms with Gasteiger partial charge < -0.3 is 0 Å². The topological polar surface area (TPSA) is 34.1 Å². The molecule has 0 fully saturated rings. The molecule has 0 spiro atoms. The lowest BCUT2D eigenvalue weighted by Crippen LogP contribution is -1.98. The van der Waals surface area contributed by atoms with Gasteiger partial charge in [0.2, 0.25) is 0 Å². The second-order valence-corrected chi connectivity index (χ2v) is 4.20. The minimum atomic E-state index is -2.76. The van der Waals surface area contributed by atoms with Crippen molar-refractivity contribution in [2.45, 2.75) is 13.3 Å². The molecular formula is C5H8O2S. The van der Waals surface area contributed by atoms with E-state index in [2.05, 4.69) is 0 Å². The van der Waals surface area contributed by atoms with Gasteiger partial charge in [-0.1, -0.05) is 6.08 Å². The van der Waals surface area contributed by atoms with Gasteiger partial charge in [0.25, 0.3) is 0 Å². The summed E-state index contributed by atoms with van der Waals surface area (Å²) >= 11 is 0. The van der Waals surface area contributed by atoms with Crippen LogP contribution in [-0.4, -0.2) is 14.2 Å². The monoisotopic (exact) mass is 132 g/mol. The molecule has 1 aliphatic rings. The van der Waals surface area contributed by atoms with Crippen molar-refractivity contribution >= 4 is 9.84 Å². The standard InChI is InChI=1S/C5H8O2S/c1-5-3-2-4-8(5,6)7/h3H,2,4H2,1H3. The first-order valence-corrected chi connectivity index (χ1v) is 4.18. The predicted molar refractivity (Wildman–Crippen MR) is 32.2 cm³/mol. The van der Waals surface area contributed by atoms with Crippen molar-refractivity contribution < 1.29 is 8.42 Å². The van der Waals surface area contributed by atoms with Crippen LogP contribution in [0.15, 0.2) is 11.0 Å². The fourth-order valence-electron chi connectivity index (χ4n) is 0.705. The summed E-state index contributed by atoms with van der Waals surface area (Å²) in [6.07, 6.45) is 2.46. The smallest absolute Gasteiger partial charge is 0.174 e. The quantitative estimate of drug-likeness (QED) is 0.486. The van der Waals surface area contributed by atoms with E-state index in [-0.39, 0.29) is 0 Å². The first kappa shape index (κ1) is 5.82. The molecule has 0 N–H and O–H groups in total. The van der Waals surface area contributed by atoms with Crippen LogP contribution in [0.4, 0.5) is 0 Å². The summed E-state index contributed by atoms with van der Waals surface area (Å²) in [6, 6.07) is 0. The van der Waals surface area contributed by atoms with Gasteiger partial charge in [0.15, 0.2) is 9.84 Å². The molecule has 0 aromatic heterocycles. The van der Waals surface area contributed by atoms with Gasteiger partial charge in [0.1, 0.15) is 0 Å². The maximum absolute atomic E-state index is 10.7. The van der Waals surface area contributed by atoms with E-state index in [1.165, 1.54) is 0 Å². The van der Waals surface area contributed by atoms with E-state index in [1.807, 2.05) is 0 Å². The molecule has 0 saturated heterocycles. The van der Waals surface area contributed by atoms with Crippen LogP contribution in [0.2, 0.25) is 0 Å². The van der Waals surface area contributed by atoms with E-state index in [9.17, 15) is 8.42 Å².